The third kappa shape index (κ3) is 1.31. The summed E-state index contributed by atoms with van der Waals surface area (Å²) in [4.78, 5) is 20.2. The molecule has 0 bridgehead atoms. The number of carboxylic acids is 1. The molecule has 0 aromatic carbocycles. The van der Waals surface area contributed by atoms with E-state index in [-0.39, 0.29) is 6.29 Å². The second kappa shape index (κ2) is 2.76. The van der Waals surface area contributed by atoms with E-state index in [0.29, 0.717) is 0 Å². The van der Waals surface area contributed by atoms with Crippen molar-refractivity contribution in [2.24, 2.45) is 5.73 Å². The average Bonchev–Trinajstić information content (AvgIpc) is 1.85. The Kier molecular flexibility index (Phi) is 2.50. The highest BCUT2D eigenvalue weighted by Gasteiger charge is 2.38. The molecule has 0 aliphatic heterocycles. The fourth-order valence-electron chi connectivity index (χ4n) is 0.328. The molecule has 4 N–H and O–H groups in total. The first-order valence-corrected chi connectivity index (χ1v) is 2.62. The highest BCUT2D eigenvalue weighted by molar-refractivity contribution is 5.97. The highest BCUT2D eigenvalue weighted by atomic mass is 16.4. The van der Waals surface area contributed by atoms with Gasteiger partial charge in [0, 0.05) is 0 Å². The summed E-state index contributed by atoms with van der Waals surface area (Å²) in [6, 6.07) is 0. The van der Waals surface area contributed by atoms with Crippen LogP contribution in [-0.2, 0) is 9.59 Å². The number of rotatable bonds is 3. The molecule has 0 radical (unpaired) electrons. The minimum atomic E-state index is -2.17. The molecule has 0 aliphatic carbocycles. The van der Waals surface area contributed by atoms with Crippen LogP contribution in [0.25, 0.3) is 0 Å². The van der Waals surface area contributed by atoms with Crippen molar-refractivity contribution in [2.45, 2.75) is 18.6 Å². The van der Waals surface area contributed by atoms with E-state index in [9.17, 15) is 9.59 Å². The number of carbonyl (C=O) groups is 2. The zero-order chi connectivity index (χ0) is 8.36. The Hall–Kier alpha value is -0.940. The summed E-state index contributed by atoms with van der Waals surface area (Å²) >= 11 is 0. The van der Waals surface area contributed by atoms with E-state index in [1.165, 1.54) is 0 Å². The van der Waals surface area contributed by atoms with E-state index < -0.39 is 17.6 Å². The molecule has 0 aromatic rings. The molecular formula is C5H9NO4. The predicted molar refractivity (Wildman–Crippen MR) is 32.3 cm³/mol. The lowest BCUT2D eigenvalue weighted by molar-refractivity contribution is -0.149. The van der Waals surface area contributed by atoms with Crippen LogP contribution >= 0.6 is 0 Å². The quantitative estimate of drug-likeness (QED) is 0.328. The van der Waals surface area contributed by atoms with Crippen molar-refractivity contribution in [2.75, 3.05) is 0 Å². The Labute approximate surface area is 57.5 Å². The molecule has 2 unspecified atom stereocenters. The highest BCUT2D eigenvalue weighted by Crippen LogP contribution is 2.02. The maximum absolute atomic E-state index is 10.2. The third-order valence-electron chi connectivity index (χ3n) is 1.26. The molecule has 5 nitrogen and oxygen atoms in total. The van der Waals surface area contributed by atoms with Gasteiger partial charge in [0.2, 0.25) is 0 Å². The van der Waals surface area contributed by atoms with Crippen LogP contribution in [0.5, 0.6) is 0 Å². The first kappa shape index (κ1) is 9.06. The number of nitrogens with two attached hydrogens (primary N) is 1. The number of aliphatic hydroxyl groups excluding tert-OH is 1. The van der Waals surface area contributed by atoms with Crippen LogP contribution in [0.2, 0.25) is 0 Å². The Morgan fingerprint density at radius 1 is 1.80 bits per heavy atom. The SMILES string of the molecule is CC(O)C(N)(C=O)C(=O)O. The molecule has 0 aromatic heterocycles. The molecule has 2 atom stereocenters. The van der Waals surface area contributed by atoms with Crippen LogP contribution in [0.1, 0.15) is 6.92 Å². The molecule has 0 saturated carbocycles. The molecule has 0 rings (SSSR count). The van der Waals surface area contributed by atoms with Crippen molar-refractivity contribution in [3.8, 4) is 0 Å². The normalized spacial score (nSPS) is 19.1. The molecule has 0 amide bonds. The molecular weight excluding hydrogens is 138 g/mol. The van der Waals surface area contributed by atoms with Crippen LogP contribution in [-0.4, -0.2) is 34.1 Å². The number of aliphatic carboxylic acids is 1. The molecule has 0 spiro atoms. The Balaban J connectivity index is 4.54. The van der Waals surface area contributed by atoms with Crippen molar-refractivity contribution in [1.29, 1.82) is 0 Å². The van der Waals surface area contributed by atoms with Crippen LogP contribution in [0.3, 0.4) is 0 Å². The standard InChI is InChI=1S/C5H9NO4/c1-3(8)5(6,2-7)4(9)10/h2-3,8H,6H2,1H3,(H,9,10). The first-order valence-electron chi connectivity index (χ1n) is 2.62. The monoisotopic (exact) mass is 147 g/mol. The summed E-state index contributed by atoms with van der Waals surface area (Å²) in [5, 5.41) is 17.0. The van der Waals surface area contributed by atoms with Gasteiger partial charge in [-0.3, -0.25) is 0 Å². The molecule has 5 heteroatoms. The maximum Gasteiger partial charge on any atom is 0.333 e. The molecule has 0 fully saturated rings. The molecule has 0 aliphatic rings. The largest absolute Gasteiger partial charge is 0.479 e. The molecule has 0 saturated heterocycles. The number of carboxylic acid groups (broad SMARTS) is 1. The van der Waals surface area contributed by atoms with Gasteiger partial charge in [0.1, 0.15) is 0 Å². The number of hydrogen-bond acceptors (Lipinski definition) is 4. The van der Waals surface area contributed by atoms with Gasteiger partial charge in [-0.15, -0.1) is 0 Å². The zero-order valence-corrected chi connectivity index (χ0v) is 5.44. The second-order valence-electron chi connectivity index (χ2n) is 2.03. The van der Waals surface area contributed by atoms with Gasteiger partial charge in [0.05, 0.1) is 6.10 Å². The smallest absolute Gasteiger partial charge is 0.333 e. The van der Waals surface area contributed by atoms with Crippen LogP contribution in [0.15, 0.2) is 0 Å². The third-order valence-corrected chi connectivity index (χ3v) is 1.26. The fourth-order valence-corrected chi connectivity index (χ4v) is 0.328. The van der Waals surface area contributed by atoms with Crippen molar-refractivity contribution in [1.82, 2.24) is 0 Å². The van der Waals surface area contributed by atoms with Gasteiger partial charge >= 0.3 is 5.97 Å². The van der Waals surface area contributed by atoms with Gasteiger partial charge in [-0.2, -0.15) is 0 Å². The van der Waals surface area contributed by atoms with Gasteiger partial charge in [-0.05, 0) is 6.92 Å². The number of hydrogen-bond donors (Lipinski definition) is 3. The Morgan fingerprint density at radius 3 is 2.20 bits per heavy atom. The minimum absolute atomic E-state index is 0.0139. The van der Waals surface area contributed by atoms with Crippen molar-refractivity contribution in [3.05, 3.63) is 0 Å². The van der Waals surface area contributed by atoms with Crippen molar-refractivity contribution < 1.29 is 19.8 Å². The van der Waals surface area contributed by atoms with Crippen molar-refractivity contribution >= 4 is 12.3 Å². The van der Waals surface area contributed by atoms with E-state index in [0.717, 1.165) is 6.92 Å². The van der Waals surface area contributed by atoms with Crippen LogP contribution in [0, 0.1) is 0 Å². The zero-order valence-electron chi connectivity index (χ0n) is 5.44. The van der Waals surface area contributed by atoms with Gasteiger partial charge < -0.3 is 20.7 Å². The van der Waals surface area contributed by atoms with Gasteiger partial charge in [-0.25, -0.2) is 4.79 Å². The summed E-state index contributed by atoms with van der Waals surface area (Å²) in [6.07, 6.45) is -1.37. The minimum Gasteiger partial charge on any atom is -0.479 e. The van der Waals surface area contributed by atoms with Crippen LogP contribution < -0.4 is 5.73 Å². The Bertz CT molecular complexity index is 156. The summed E-state index contributed by atoms with van der Waals surface area (Å²) in [5.74, 6) is -1.53. The first-order chi connectivity index (χ1) is 4.45. The number of aldehydes is 1. The molecule has 0 heterocycles. The molecule has 10 heavy (non-hydrogen) atoms. The van der Waals surface area contributed by atoms with Crippen molar-refractivity contribution in [3.63, 3.8) is 0 Å². The summed E-state index contributed by atoms with van der Waals surface area (Å²) in [5.41, 5.74) is 2.80. The van der Waals surface area contributed by atoms with E-state index in [4.69, 9.17) is 15.9 Å². The summed E-state index contributed by atoms with van der Waals surface area (Å²) in [7, 11) is 0. The number of aliphatic hydroxyl groups is 1. The average molecular weight is 147 g/mol. The predicted octanol–water partition coefficient (Wildman–Crippen LogP) is -1.65. The van der Waals surface area contributed by atoms with E-state index >= 15 is 0 Å². The topological polar surface area (TPSA) is 101 Å². The lowest BCUT2D eigenvalue weighted by Crippen LogP contribution is -2.57. The van der Waals surface area contributed by atoms with E-state index in [2.05, 4.69) is 0 Å². The van der Waals surface area contributed by atoms with E-state index in [1.54, 1.807) is 0 Å². The Morgan fingerprint density at radius 2 is 2.20 bits per heavy atom. The lowest BCUT2D eigenvalue weighted by atomic mass is 9.97. The maximum atomic E-state index is 10.2. The lowest BCUT2D eigenvalue weighted by Gasteiger charge is -2.19. The van der Waals surface area contributed by atoms with Gasteiger partial charge in [0.25, 0.3) is 0 Å². The van der Waals surface area contributed by atoms with Crippen LogP contribution in [0.4, 0.5) is 0 Å². The van der Waals surface area contributed by atoms with Gasteiger partial charge in [-0.1, -0.05) is 0 Å². The number of carbonyl (C=O) groups excluding carboxylic acids is 1. The molecule has 58 valence electrons. The second-order valence-corrected chi connectivity index (χ2v) is 2.03. The fraction of sp³-hybridized carbons (Fsp3) is 0.600. The summed E-state index contributed by atoms with van der Waals surface area (Å²) in [6.45, 7) is 1.14. The summed E-state index contributed by atoms with van der Waals surface area (Å²) < 4.78 is 0. The van der Waals surface area contributed by atoms with Gasteiger partial charge in [0.15, 0.2) is 11.8 Å². The van der Waals surface area contributed by atoms with E-state index in [1.807, 2.05) is 0 Å².